The molecule has 0 unspecified atom stereocenters. The molecule has 182 valence electrons. The highest BCUT2D eigenvalue weighted by atomic mass is 16.5. The van der Waals surface area contributed by atoms with E-state index in [-0.39, 0.29) is 11.1 Å². The standard InChI is InChI=1S/C28H46O4/c1-22(2)16-11-7-5-9-13-18-24-19-15-20-25(27(29)30)26(24)28(31)32-21-14-10-6-8-12-17-23(3)4/h15,19-20,22-23H,5-14,16-18,21H2,1-4H3,(H,29,30). The molecule has 1 aromatic rings. The van der Waals surface area contributed by atoms with E-state index in [0.717, 1.165) is 49.5 Å². The number of esters is 1. The van der Waals surface area contributed by atoms with Crippen LogP contribution in [0.15, 0.2) is 18.2 Å². The molecule has 1 N–H and O–H groups in total. The van der Waals surface area contributed by atoms with Crippen molar-refractivity contribution in [3.8, 4) is 0 Å². The van der Waals surface area contributed by atoms with Crippen molar-refractivity contribution in [1.82, 2.24) is 0 Å². The Balaban J connectivity index is 2.48. The quantitative estimate of drug-likeness (QED) is 0.183. The highest BCUT2D eigenvalue weighted by molar-refractivity contribution is 6.03. The van der Waals surface area contributed by atoms with Crippen molar-refractivity contribution in [2.75, 3.05) is 6.61 Å². The van der Waals surface area contributed by atoms with Crippen LogP contribution in [0.5, 0.6) is 0 Å². The molecule has 0 fully saturated rings. The first-order valence-corrected chi connectivity index (χ1v) is 12.8. The second kappa shape index (κ2) is 16.7. The third-order valence-corrected chi connectivity index (χ3v) is 5.97. The number of carbonyl (C=O) groups is 2. The second-order valence-electron chi connectivity index (χ2n) is 9.93. The molecule has 0 radical (unpaired) electrons. The van der Waals surface area contributed by atoms with Crippen LogP contribution < -0.4 is 0 Å². The Kier molecular flexibility index (Phi) is 14.8. The molecule has 0 aromatic heterocycles. The van der Waals surface area contributed by atoms with Crippen LogP contribution in [0.2, 0.25) is 0 Å². The van der Waals surface area contributed by atoms with Gasteiger partial charge in [-0.1, -0.05) is 104 Å². The summed E-state index contributed by atoms with van der Waals surface area (Å²) in [6.07, 6.45) is 14.5. The molecule has 0 atom stereocenters. The highest BCUT2D eigenvalue weighted by Gasteiger charge is 2.21. The average molecular weight is 447 g/mol. The van der Waals surface area contributed by atoms with Crippen LogP contribution >= 0.6 is 0 Å². The van der Waals surface area contributed by atoms with Gasteiger partial charge in [-0.25, -0.2) is 9.59 Å². The van der Waals surface area contributed by atoms with Gasteiger partial charge in [0.1, 0.15) is 0 Å². The summed E-state index contributed by atoms with van der Waals surface area (Å²) >= 11 is 0. The van der Waals surface area contributed by atoms with Crippen molar-refractivity contribution in [1.29, 1.82) is 0 Å². The maximum Gasteiger partial charge on any atom is 0.339 e. The van der Waals surface area contributed by atoms with E-state index in [9.17, 15) is 14.7 Å². The fourth-order valence-corrected chi connectivity index (χ4v) is 4.05. The minimum atomic E-state index is -1.07. The predicted molar refractivity (Wildman–Crippen MR) is 132 cm³/mol. The zero-order valence-corrected chi connectivity index (χ0v) is 21.0. The van der Waals surface area contributed by atoms with Crippen LogP contribution in [0, 0.1) is 11.8 Å². The summed E-state index contributed by atoms with van der Waals surface area (Å²) in [5.41, 5.74) is 1.10. The molecule has 32 heavy (non-hydrogen) atoms. The van der Waals surface area contributed by atoms with E-state index in [2.05, 4.69) is 27.7 Å². The number of hydrogen-bond donors (Lipinski definition) is 1. The lowest BCUT2D eigenvalue weighted by atomic mass is 9.96. The number of ether oxygens (including phenoxy) is 1. The zero-order valence-electron chi connectivity index (χ0n) is 21.0. The molecule has 0 aliphatic carbocycles. The molecule has 0 heterocycles. The first-order valence-electron chi connectivity index (χ1n) is 12.8. The van der Waals surface area contributed by atoms with Gasteiger partial charge >= 0.3 is 11.9 Å². The van der Waals surface area contributed by atoms with Gasteiger partial charge in [-0.3, -0.25) is 0 Å². The largest absolute Gasteiger partial charge is 0.478 e. The summed E-state index contributed by atoms with van der Waals surface area (Å²) in [6, 6.07) is 5.11. The fraction of sp³-hybridized carbons (Fsp3) is 0.714. The maximum atomic E-state index is 12.8. The van der Waals surface area contributed by atoms with Gasteiger partial charge in [0.25, 0.3) is 0 Å². The number of benzene rings is 1. The number of carbonyl (C=O) groups excluding carboxylic acids is 1. The lowest BCUT2D eigenvalue weighted by Crippen LogP contribution is -2.15. The van der Waals surface area contributed by atoms with E-state index in [4.69, 9.17) is 4.74 Å². The van der Waals surface area contributed by atoms with Gasteiger partial charge in [-0.2, -0.15) is 0 Å². The number of aryl methyl sites for hydroxylation is 1. The molecule has 4 nitrogen and oxygen atoms in total. The molecular weight excluding hydrogens is 400 g/mol. The molecule has 0 saturated heterocycles. The van der Waals surface area contributed by atoms with Crippen LogP contribution in [0.3, 0.4) is 0 Å². The smallest absolute Gasteiger partial charge is 0.339 e. The summed E-state index contributed by atoms with van der Waals surface area (Å²) in [7, 11) is 0. The number of aromatic carboxylic acids is 1. The van der Waals surface area contributed by atoms with E-state index in [0.29, 0.717) is 13.0 Å². The molecule has 1 rings (SSSR count). The Hall–Kier alpha value is -1.84. The van der Waals surface area contributed by atoms with Crippen LogP contribution in [0.4, 0.5) is 0 Å². The first-order chi connectivity index (χ1) is 15.3. The lowest BCUT2D eigenvalue weighted by Gasteiger charge is -2.13. The minimum absolute atomic E-state index is 0.0538. The summed E-state index contributed by atoms with van der Waals surface area (Å²) in [4.78, 5) is 24.5. The lowest BCUT2D eigenvalue weighted by molar-refractivity contribution is 0.0486. The van der Waals surface area contributed by atoms with Gasteiger partial charge < -0.3 is 9.84 Å². The Morgan fingerprint density at radius 2 is 1.31 bits per heavy atom. The van der Waals surface area contributed by atoms with Crippen LogP contribution in [0.25, 0.3) is 0 Å². The molecule has 0 amide bonds. The maximum absolute atomic E-state index is 12.8. The van der Waals surface area contributed by atoms with Crippen LogP contribution in [-0.2, 0) is 11.2 Å². The SMILES string of the molecule is CC(C)CCCCCCCOC(=O)c1c(CCCCCCCC(C)C)cccc1C(=O)O. The van der Waals surface area contributed by atoms with Crippen molar-refractivity contribution in [3.05, 3.63) is 34.9 Å². The van der Waals surface area contributed by atoms with Gasteiger partial charge in [0.05, 0.1) is 17.7 Å². The summed E-state index contributed by atoms with van der Waals surface area (Å²) < 4.78 is 5.48. The predicted octanol–water partition coefficient (Wildman–Crippen LogP) is 8.08. The van der Waals surface area contributed by atoms with Gasteiger partial charge in [0.15, 0.2) is 0 Å². The Morgan fingerprint density at radius 3 is 1.88 bits per heavy atom. The van der Waals surface area contributed by atoms with Crippen LogP contribution in [-0.4, -0.2) is 23.7 Å². The fourth-order valence-electron chi connectivity index (χ4n) is 4.05. The summed E-state index contributed by atoms with van der Waals surface area (Å²) in [5, 5.41) is 9.58. The van der Waals surface area contributed by atoms with E-state index in [1.54, 1.807) is 6.07 Å². The van der Waals surface area contributed by atoms with E-state index >= 15 is 0 Å². The van der Waals surface area contributed by atoms with E-state index < -0.39 is 11.9 Å². The topological polar surface area (TPSA) is 63.6 Å². The number of carboxylic acids is 1. The van der Waals surface area contributed by atoms with Crippen molar-refractivity contribution in [2.45, 2.75) is 111 Å². The summed E-state index contributed by atoms with van der Waals surface area (Å²) in [6.45, 7) is 9.35. The van der Waals surface area contributed by atoms with E-state index in [1.807, 2.05) is 6.07 Å². The number of carboxylic acid groups (broad SMARTS) is 1. The van der Waals surface area contributed by atoms with Gasteiger partial charge in [-0.05, 0) is 42.7 Å². The first kappa shape index (κ1) is 28.2. The minimum Gasteiger partial charge on any atom is -0.478 e. The Bertz CT molecular complexity index is 663. The molecule has 0 aliphatic heterocycles. The monoisotopic (exact) mass is 446 g/mol. The normalized spacial score (nSPS) is 11.3. The van der Waals surface area contributed by atoms with Crippen molar-refractivity contribution in [2.24, 2.45) is 11.8 Å². The van der Waals surface area contributed by atoms with Gasteiger partial charge in [0, 0.05) is 0 Å². The van der Waals surface area contributed by atoms with Crippen molar-refractivity contribution in [3.63, 3.8) is 0 Å². The second-order valence-corrected chi connectivity index (χ2v) is 9.93. The molecule has 0 spiro atoms. The number of rotatable bonds is 18. The molecule has 0 bridgehead atoms. The highest BCUT2D eigenvalue weighted by Crippen LogP contribution is 2.20. The molecule has 0 saturated carbocycles. The van der Waals surface area contributed by atoms with Crippen molar-refractivity contribution >= 4 is 11.9 Å². The molecule has 1 aromatic carbocycles. The molecule has 4 heteroatoms. The summed E-state index contributed by atoms with van der Waals surface area (Å²) in [5.74, 6) is -0.0519. The Labute approximate surface area is 196 Å². The van der Waals surface area contributed by atoms with Crippen molar-refractivity contribution < 1.29 is 19.4 Å². The number of unbranched alkanes of at least 4 members (excludes halogenated alkanes) is 8. The van der Waals surface area contributed by atoms with Gasteiger partial charge in [-0.15, -0.1) is 0 Å². The Morgan fingerprint density at radius 1 is 0.781 bits per heavy atom. The molecular formula is C28H46O4. The third kappa shape index (κ3) is 12.3. The molecule has 0 aliphatic rings. The number of hydrogen-bond acceptors (Lipinski definition) is 3. The average Bonchev–Trinajstić information content (AvgIpc) is 2.74. The van der Waals surface area contributed by atoms with Gasteiger partial charge in [0.2, 0.25) is 0 Å². The zero-order chi connectivity index (χ0) is 23.8. The van der Waals surface area contributed by atoms with Crippen LogP contribution in [0.1, 0.15) is 131 Å². The van der Waals surface area contributed by atoms with E-state index in [1.165, 1.54) is 51.0 Å². The third-order valence-electron chi connectivity index (χ3n) is 5.97.